The molecule has 1 aliphatic heterocycles. The first kappa shape index (κ1) is 26.9. The summed E-state index contributed by atoms with van der Waals surface area (Å²) < 4.78 is 13.2. The second-order valence-electron chi connectivity index (χ2n) is 9.32. The summed E-state index contributed by atoms with van der Waals surface area (Å²) >= 11 is 1.17. The van der Waals surface area contributed by atoms with Gasteiger partial charge in [0.15, 0.2) is 4.80 Å². The van der Waals surface area contributed by atoms with Crippen LogP contribution in [0.15, 0.2) is 117 Å². The van der Waals surface area contributed by atoms with Gasteiger partial charge in [-0.2, -0.15) is 0 Å². The van der Waals surface area contributed by atoms with Crippen LogP contribution in [-0.4, -0.2) is 22.1 Å². The smallest absolute Gasteiger partial charge is 0.338 e. The highest BCUT2D eigenvalue weighted by molar-refractivity contribution is 7.07. The minimum Gasteiger partial charge on any atom is -0.463 e. The van der Waals surface area contributed by atoms with Crippen LogP contribution in [0.3, 0.4) is 0 Å². The van der Waals surface area contributed by atoms with Crippen molar-refractivity contribution in [1.29, 1.82) is 0 Å². The van der Waals surface area contributed by atoms with Crippen LogP contribution < -0.4 is 14.9 Å². The Morgan fingerprint density at radius 1 is 1.02 bits per heavy atom. The molecule has 10 heteroatoms. The number of nitro benzene ring substituents is 1. The fourth-order valence-corrected chi connectivity index (χ4v) is 5.92. The number of carbonyl (C=O) groups is 1. The van der Waals surface area contributed by atoms with E-state index in [1.807, 2.05) is 60.7 Å². The lowest BCUT2D eigenvalue weighted by atomic mass is 9.93. The van der Waals surface area contributed by atoms with Gasteiger partial charge in [0, 0.05) is 17.7 Å². The average Bonchev–Trinajstić information content (AvgIpc) is 3.61. The monoisotopic (exact) mass is 577 g/mol. The number of carbonyl (C=O) groups excluding carboxylic acids is 1. The van der Waals surface area contributed by atoms with Gasteiger partial charge in [0.05, 0.1) is 38.9 Å². The van der Waals surface area contributed by atoms with Crippen molar-refractivity contribution in [3.63, 3.8) is 0 Å². The zero-order valence-electron chi connectivity index (χ0n) is 22.3. The maximum Gasteiger partial charge on any atom is 0.338 e. The van der Waals surface area contributed by atoms with Gasteiger partial charge in [0.2, 0.25) is 0 Å². The van der Waals surface area contributed by atoms with E-state index in [4.69, 9.17) is 14.1 Å². The summed E-state index contributed by atoms with van der Waals surface area (Å²) in [5.74, 6) is 0.0976. The van der Waals surface area contributed by atoms with E-state index in [1.165, 1.54) is 22.0 Å². The Labute approximate surface area is 243 Å². The van der Waals surface area contributed by atoms with Crippen LogP contribution in [0.2, 0.25) is 0 Å². The fourth-order valence-electron chi connectivity index (χ4n) is 4.94. The van der Waals surface area contributed by atoms with Gasteiger partial charge >= 0.3 is 5.97 Å². The number of aromatic nitrogens is 1. The van der Waals surface area contributed by atoms with Gasteiger partial charge in [-0.15, -0.1) is 0 Å². The van der Waals surface area contributed by atoms with E-state index in [-0.39, 0.29) is 23.4 Å². The van der Waals surface area contributed by atoms with E-state index >= 15 is 0 Å². The minimum absolute atomic E-state index is 0.0828. The zero-order chi connectivity index (χ0) is 29.2. The van der Waals surface area contributed by atoms with Crippen LogP contribution in [0.4, 0.5) is 5.69 Å². The third-order valence-electron chi connectivity index (χ3n) is 6.76. The Morgan fingerprint density at radius 3 is 2.43 bits per heavy atom. The van der Waals surface area contributed by atoms with Crippen LogP contribution in [-0.2, 0) is 9.53 Å². The highest BCUT2D eigenvalue weighted by Gasteiger charge is 2.35. The Morgan fingerprint density at radius 2 is 1.71 bits per heavy atom. The highest BCUT2D eigenvalue weighted by Crippen LogP contribution is 2.35. The minimum atomic E-state index is -0.780. The van der Waals surface area contributed by atoms with Gasteiger partial charge in [-0.25, -0.2) is 9.79 Å². The molecule has 0 N–H and O–H groups in total. The molecular weight excluding hydrogens is 554 g/mol. The van der Waals surface area contributed by atoms with Crippen molar-refractivity contribution in [3.05, 3.63) is 149 Å². The Kier molecular flexibility index (Phi) is 7.20. The number of ether oxygens (including phenoxy) is 1. The predicted octanol–water partition coefficient (Wildman–Crippen LogP) is 5.10. The first-order chi connectivity index (χ1) is 20.5. The van der Waals surface area contributed by atoms with E-state index in [0.29, 0.717) is 32.1 Å². The number of esters is 1. The first-order valence-corrected chi connectivity index (χ1v) is 13.9. The SMILES string of the molecule is CCOC(=O)C1=C(c2ccccc2)N=c2s/c(=C\c3ccc(-c4ccccc4[N+](=O)[O-])o3)c(=O)n2[C@H]1c1ccccc1. The molecule has 0 bridgehead atoms. The number of hydrogen-bond donors (Lipinski definition) is 0. The number of furan rings is 1. The lowest BCUT2D eigenvalue weighted by Crippen LogP contribution is -2.39. The second kappa shape index (κ2) is 11.3. The Bertz CT molecular complexity index is 2020. The van der Waals surface area contributed by atoms with Crippen LogP contribution >= 0.6 is 11.3 Å². The molecule has 1 aliphatic rings. The van der Waals surface area contributed by atoms with E-state index < -0.39 is 16.9 Å². The van der Waals surface area contributed by atoms with Crippen molar-refractivity contribution in [1.82, 2.24) is 4.57 Å². The molecule has 5 aromatic rings. The summed E-state index contributed by atoms with van der Waals surface area (Å²) in [5.41, 5.74) is 2.05. The molecule has 208 valence electrons. The fraction of sp³-hybridized carbons (Fsp3) is 0.0938. The first-order valence-electron chi connectivity index (χ1n) is 13.1. The Balaban J connectivity index is 1.55. The van der Waals surface area contributed by atoms with Crippen molar-refractivity contribution < 1.29 is 18.9 Å². The molecule has 42 heavy (non-hydrogen) atoms. The summed E-state index contributed by atoms with van der Waals surface area (Å²) in [7, 11) is 0. The van der Waals surface area contributed by atoms with Crippen LogP contribution in [0.25, 0.3) is 23.1 Å². The third kappa shape index (κ3) is 4.88. The number of para-hydroxylation sites is 1. The molecule has 3 heterocycles. The largest absolute Gasteiger partial charge is 0.463 e. The molecule has 0 amide bonds. The number of hydrogen-bond acceptors (Lipinski definition) is 8. The van der Waals surface area contributed by atoms with Crippen LogP contribution in [0, 0.1) is 10.1 Å². The standard InChI is InChI=1S/C32H23N3O6S/c1-2-40-31(37)27-28(20-11-5-3-6-12-20)33-32-34(29(27)21-13-7-4-8-14-21)30(36)26(42-32)19-22-17-18-25(41-22)23-15-9-10-16-24(23)35(38)39/h3-19,29H,2H2,1H3/b26-19-/t29-/m0/s1. The normalized spacial score (nSPS) is 14.8. The van der Waals surface area contributed by atoms with E-state index in [9.17, 15) is 19.7 Å². The number of rotatable bonds is 7. The number of benzene rings is 3. The maximum atomic E-state index is 14.0. The average molecular weight is 578 g/mol. The van der Waals surface area contributed by atoms with Gasteiger partial charge in [0.25, 0.3) is 11.2 Å². The Hall–Kier alpha value is -5.35. The van der Waals surface area contributed by atoms with E-state index in [0.717, 1.165) is 11.1 Å². The van der Waals surface area contributed by atoms with Crippen LogP contribution in [0.5, 0.6) is 0 Å². The lowest BCUT2D eigenvalue weighted by molar-refractivity contribution is -0.384. The molecule has 6 rings (SSSR count). The molecule has 0 spiro atoms. The van der Waals surface area contributed by atoms with E-state index in [2.05, 4.69) is 0 Å². The summed E-state index contributed by atoms with van der Waals surface area (Å²) in [5, 5.41) is 11.5. The van der Waals surface area contributed by atoms with Gasteiger partial charge < -0.3 is 9.15 Å². The van der Waals surface area contributed by atoms with E-state index in [1.54, 1.807) is 43.3 Å². The molecule has 3 aromatic carbocycles. The topological polar surface area (TPSA) is 117 Å². The molecule has 0 aliphatic carbocycles. The van der Waals surface area contributed by atoms with Gasteiger partial charge in [-0.05, 0) is 30.7 Å². The maximum absolute atomic E-state index is 14.0. The summed E-state index contributed by atoms with van der Waals surface area (Å²) in [6.45, 7) is 1.89. The van der Waals surface area contributed by atoms with Crippen molar-refractivity contribution in [2.24, 2.45) is 4.99 Å². The third-order valence-corrected chi connectivity index (χ3v) is 7.74. The predicted molar refractivity (Wildman–Crippen MR) is 158 cm³/mol. The van der Waals surface area contributed by atoms with Crippen molar-refractivity contribution in [2.75, 3.05) is 6.61 Å². The molecule has 0 fully saturated rings. The van der Waals surface area contributed by atoms with Crippen LogP contribution in [0.1, 0.15) is 29.9 Å². The number of nitrogens with zero attached hydrogens (tertiary/aromatic N) is 3. The molecule has 0 unspecified atom stereocenters. The number of fused-ring (bicyclic) bond motifs is 1. The zero-order valence-corrected chi connectivity index (χ0v) is 23.1. The molecule has 0 saturated heterocycles. The van der Waals surface area contributed by atoms with Crippen molar-refractivity contribution in [3.8, 4) is 11.3 Å². The second-order valence-corrected chi connectivity index (χ2v) is 10.3. The molecule has 2 aromatic heterocycles. The van der Waals surface area contributed by atoms with Gasteiger partial charge in [-0.3, -0.25) is 19.5 Å². The molecule has 0 saturated carbocycles. The molecule has 1 atom stereocenters. The van der Waals surface area contributed by atoms with Gasteiger partial charge in [0.1, 0.15) is 11.5 Å². The van der Waals surface area contributed by atoms with Crippen molar-refractivity contribution >= 4 is 34.8 Å². The molecular formula is C32H23N3O6S. The lowest BCUT2D eigenvalue weighted by Gasteiger charge is -2.25. The number of thiazole rings is 1. The summed E-state index contributed by atoms with van der Waals surface area (Å²) in [6, 6.07) is 27.4. The number of nitro groups is 1. The summed E-state index contributed by atoms with van der Waals surface area (Å²) in [4.78, 5) is 43.7. The highest BCUT2D eigenvalue weighted by atomic mass is 32.1. The van der Waals surface area contributed by atoms with Crippen molar-refractivity contribution in [2.45, 2.75) is 13.0 Å². The quantitative estimate of drug-likeness (QED) is 0.151. The molecule has 0 radical (unpaired) electrons. The molecule has 9 nitrogen and oxygen atoms in total. The summed E-state index contributed by atoms with van der Waals surface area (Å²) in [6.07, 6.45) is 1.58. The van der Waals surface area contributed by atoms with Gasteiger partial charge in [-0.1, -0.05) is 84.1 Å².